The third kappa shape index (κ3) is 5.04. The molecule has 35 heavy (non-hydrogen) atoms. The van der Waals surface area contributed by atoms with Crippen molar-refractivity contribution < 1.29 is 24.2 Å². The Morgan fingerprint density at radius 2 is 1.57 bits per heavy atom. The van der Waals surface area contributed by atoms with Gasteiger partial charge in [-0.05, 0) is 53.4 Å². The summed E-state index contributed by atoms with van der Waals surface area (Å²) in [6, 6.07) is 15.5. The van der Waals surface area contributed by atoms with Gasteiger partial charge in [0.05, 0.1) is 0 Å². The van der Waals surface area contributed by atoms with Crippen LogP contribution in [0.25, 0.3) is 11.1 Å². The first-order chi connectivity index (χ1) is 17.0. The van der Waals surface area contributed by atoms with Gasteiger partial charge in [-0.2, -0.15) is 0 Å². The summed E-state index contributed by atoms with van der Waals surface area (Å²) < 4.78 is 5.56. The van der Waals surface area contributed by atoms with Crippen LogP contribution < -0.4 is 10.6 Å². The van der Waals surface area contributed by atoms with Crippen LogP contribution in [0.1, 0.15) is 55.6 Å². The Morgan fingerprint density at radius 3 is 2.20 bits per heavy atom. The lowest BCUT2D eigenvalue weighted by molar-refractivity contribution is -0.144. The van der Waals surface area contributed by atoms with Gasteiger partial charge < -0.3 is 20.5 Å². The van der Waals surface area contributed by atoms with E-state index in [9.17, 15) is 19.5 Å². The molecular weight excluding hydrogens is 444 g/mol. The normalized spacial score (nSPS) is 21.9. The van der Waals surface area contributed by atoms with E-state index in [1.807, 2.05) is 24.3 Å². The zero-order valence-electron chi connectivity index (χ0n) is 19.7. The van der Waals surface area contributed by atoms with Gasteiger partial charge >= 0.3 is 12.1 Å². The second-order valence-electron chi connectivity index (χ2n) is 10.0. The molecule has 2 amide bonds. The summed E-state index contributed by atoms with van der Waals surface area (Å²) in [5.41, 5.74) is 4.67. The minimum absolute atomic E-state index is 0.000315. The maximum absolute atomic E-state index is 12.6. The summed E-state index contributed by atoms with van der Waals surface area (Å²) in [7, 11) is 0. The number of carboxylic acids is 1. The number of carbonyl (C=O) groups excluding carboxylic acids is 2. The number of benzene rings is 2. The van der Waals surface area contributed by atoms with Crippen molar-refractivity contribution in [1.82, 2.24) is 10.6 Å². The van der Waals surface area contributed by atoms with E-state index in [-0.39, 0.29) is 36.2 Å². The smallest absolute Gasteiger partial charge is 0.407 e. The molecule has 0 aliphatic heterocycles. The van der Waals surface area contributed by atoms with Crippen LogP contribution in [0.15, 0.2) is 48.5 Å². The number of rotatable bonds is 8. The molecule has 0 aromatic heterocycles. The number of hydrogen-bond acceptors (Lipinski definition) is 4. The summed E-state index contributed by atoms with van der Waals surface area (Å²) in [6.07, 6.45) is 4.99. The topological polar surface area (TPSA) is 105 Å². The Hall–Kier alpha value is -3.35. The van der Waals surface area contributed by atoms with Crippen LogP contribution in [-0.2, 0) is 14.3 Å². The molecule has 5 rings (SSSR count). The average Bonchev–Trinajstić information content (AvgIpc) is 3.60. The molecule has 0 bridgehead atoms. The molecule has 2 aromatic rings. The highest BCUT2D eigenvalue weighted by Crippen LogP contribution is 2.44. The van der Waals surface area contributed by atoms with Crippen molar-refractivity contribution in [1.29, 1.82) is 0 Å². The molecule has 3 N–H and O–H groups in total. The molecule has 7 heteroatoms. The van der Waals surface area contributed by atoms with E-state index >= 15 is 0 Å². The first kappa shape index (κ1) is 23.4. The highest BCUT2D eigenvalue weighted by molar-refractivity contribution is 5.87. The fourth-order valence-corrected chi connectivity index (χ4v) is 5.77. The molecule has 3 unspecified atom stereocenters. The van der Waals surface area contributed by atoms with Crippen molar-refractivity contribution in [2.24, 2.45) is 17.8 Å². The molecule has 0 saturated heterocycles. The van der Waals surface area contributed by atoms with Gasteiger partial charge in [-0.15, -0.1) is 0 Å². The summed E-state index contributed by atoms with van der Waals surface area (Å²) in [6.45, 7) is 0.589. The number of fused-ring (bicyclic) bond motifs is 3. The Balaban J connectivity index is 1.09. The summed E-state index contributed by atoms with van der Waals surface area (Å²) in [5.74, 6) is -1.42. The number of amides is 2. The molecule has 0 heterocycles. The molecule has 0 radical (unpaired) electrons. The number of aliphatic carboxylic acids is 1. The monoisotopic (exact) mass is 476 g/mol. The molecule has 7 nitrogen and oxygen atoms in total. The second-order valence-corrected chi connectivity index (χ2v) is 10.0. The number of ether oxygens (including phenoxy) is 1. The quantitative estimate of drug-likeness (QED) is 0.527. The fourth-order valence-electron chi connectivity index (χ4n) is 5.77. The van der Waals surface area contributed by atoms with Crippen LogP contribution in [0.4, 0.5) is 4.79 Å². The molecular formula is C28H32N2O5. The van der Waals surface area contributed by atoms with Crippen LogP contribution in [0.5, 0.6) is 0 Å². The second kappa shape index (κ2) is 10.1. The van der Waals surface area contributed by atoms with Gasteiger partial charge in [0.1, 0.15) is 12.6 Å². The summed E-state index contributed by atoms with van der Waals surface area (Å²) in [5, 5.41) is 15.1. The van der Waals surface area contributed by atoms with Gasteiger partial charge in [0.25, 0.3) is 0 Å². The van der Waals surface area contributed by atoms with Gasteiger partial charge in [0, 0.05) is 18.4 Å². The molecule has 3 aliphatic carbocycles. The molecule has 0 spiro atoms. The van der Waals surface area contributed by atoms with E-state index in [0.717, 1.165) is 43.2 Å². The number of carbonyl (C=O) groups is 3. The van der Waals surface area contributed by atoms with Crippen LogP contribution in [-0.4, -0.2) is 42.3 Å². The average molecular weight is 477 g/mol. The molecule has 2 fully saturated rings. The minimum Gasteiger partial charge on any atom is -0.480 e. The molecule has 2 aromatic carbocycles. The van der Waals surface area contributed by atoms with Crippen molar-refractivity contribution in [3.63, 3.8) is 0 Å². The van der Waals surface area contributed by atoms with E-state index < -0.39 is 18.1 Å². The van der Waals surface area contributed by atoms with Crippen molar-refractivity contribution in [2.75, 3.05) is 13.2 Å². The standard InChI is InChI=1S/C28H32N2O5/c31-26(30-25(27(32)33)17-8-2-1-3-9-17)23-14-18(23)15-29-28(34)35-16-24-21-12-6-4-10-19(21)20-11-5-7-13-22(20)24/h4-7,10-13,17-18,23-25H,1-3,8-9,14-16H2,(H,29,34)(H,30,31)(H,32,33). The Labute approximate surface area is 205 Å². The third-order valence-electron chi connectivity index (χ3n) is 7.80. The Morgan fingerprint density at radius 1 is 0.943 bits per heavy atom. The zero-order valence-corrected chi connectivity index (χ0v) is 19.7. The van der Waals surface area contributed by atoms with Crippen LogP contribution in [0.2, 0.25) is 0 Å². The minimum atomic E-state index is -0.959. The van der Waals surface area contributed by atoms with E-state index in [0.29, 0.717) is 13.0 Å². The molecule has 3 atom stereocenters. The maximum atomic E-state index is 12.6. The first-order valence-corrected chi connectivity index (χ1v) is 12.6. The molecule has 3 aliphatic rings. The van der Waals surface area contributed by atoms with E-state index in [1.165, 1.54) is 11.1 Å². The number of alkyl carbamates (subject to hydrolysis) is 1. The van der Waals surface area contributed by atoms with E-state index in [1.54, 1.807) is 0 Å². The lowest BCUT2D eigenvalue weighted by Crippen LogP contribution is -2.47. The van der Waals surface area contributed by atoms with Crippen molar-refractivity contribution in [3.05, 3.63) is 59.7 Å². The summed E-state index contributed by atoms with van der Waals surface area (Å²) >= 11 is 0. The van der Waals surface area contributed by atoms with Crippen LogP contribution >= 0.6 is 0 Å². The van der Waals surface area contributed by atoms with Crippen molar-refractivity contribution in [3.8, 4) is 11.1 Å². The van der Waals surface area contributed by atoms with Gasteiger partial charge in [0.2, 0.25) is 5.91 Å². The predicted molar refractivity (Wildman–Crippen MR) is 131 cm³/mol. The fraction of sp³-hybridized carbons (Fsp3) is 0.464. The van der Waals surface area contributed by atoms with E-state index in [4.69, 9.17) is 4.74 Å². The highest BCUT2D eigenvalue weighted by Gasteiger charge is 2.45. The Kier molecular flexibility index (Phi) is 6.75. The number of nitrogens with one attached hydrogen (secondary N) is 2. The van der Waals surface area contributed by atoms with Gasteiger partial charge in [-0.1, -0.05) is 67.8 Å². The van der Waals surface area contributed by atoms with Crippen LogP contribution in [0, 0.1) is 17.8 Å². The van der Waals surface area contributed by atoms with Crippen molar-refractivity contribution >= 4 is 18.0 Å². The third-order valence-corrected chi connectivity index (χ3v) is 7.80. The summed E-state index contributed by atoms with van der Waals surface area (Å²) in [4.78, 5) is 36.7. The SMILES string of the molecule is O=C(NCC1CC1C(=O)NC(C(=O)O)C1CCCCC1)OCC1c2ccccc2-c2ccccc21. The molecule has 2 saturated carbocycles. The maximum Gasteiger partial charge on any atom is 0.407 e. The number of carboxylic acid groups (broad SMARTS) is 1. The van der Waals surface area contributed by atoms with Gasteiger partial charge in [0.15, 0.2) is 0 Å². The number of hydrogen-bond donors (Lipinski definition) is 3. The highest BCUT2D eigenvalue weighted by atomic mass is 16.5. The largest absolute Gasteiger partial charge is 0.480 e. The lowest BCUT2D eigenvalue weighted by atomic mass is 9.84. The predicted octanol–water partition coefficient (Wildman–Crippen LogP) is 4.31. The van der Waals surface area contributed by atoms with Gasteiger partial charge in [-0.3, -0.25) is 4.79 Å². The van der Waals surface area contributed by atoms with E-state index in [2.05, 4.69) is 34.9 Å². The van der Waals surface area contributed by atoms with Gasteiger partial charge in [-0.25, -0.2) is 9.59 Å². The Bertz CT molecular complexity index is 1060. The lowest BCUT2D eigenvalue weighted by Gasteiger charge is -2.28. The zero-order chi connectivity index (χ0) is 24.4. The van der Waals surface area contributed by atoms with Crippen molar-refractivity contribution in [2.45, 2.75) is 50.5 Å². The molecule has 184 valence electrons. The first-order valence-electron chi connectivity index (χ1n) is 12.6. The van der Waals surface area contributed by atoms with Crippen LogP contribution in [0.3, 0.4) is 0 Å².